The molecule has 1 aliphatic rings. The van der Waals surface area contributed by atoms with E-state index in [1.165, 1.54) is 6.07 Å². The highest BCUT2D eigenvalue weighted by molar-refractivity contribution is 6.30. The maximum atomic E-state index is 14.3. The summed E-state index contributed by atoms with van der Waals surface area (Å²) < 4.78 is 20.4. The first kappa shape index (κ1) is 20.7. The van der Waals surface area contributed by atoms with Gasteiger partial charge in [0.2, 0.25) is 11.8 Å². The van der Waals surface area contributed by atoms with Crippen LogP contribution in [-0.2, 0) is 0 Å². The maximum absolute atomic E-state index is 14.3. The molecule has 0 radical (unpaired) electrons. The summed E-state index contributed by atoms with van der Waals surface area (Å²) in [6, 6.07) is 24.2. The largest absolute Gasteiger partial charge is 0.419 e. The number of nitrogens with zero attached hydrogens (tertiary/aromatic N) is 4. The molecule has 0 N–H and O–H groups in total. The van der Waals surface area contributed by atoms with Gasteiger partial charge in [-0.05, 0) is 42.0 Å². The van der Waals surface area contributed by atoms with E-state index in [2.05, 4.69) is 32.1 Å². The second kappa shape index (κ2) is 9.10. The summed E-state index contributed by atoms with van der Waals surface area (Å²) in [4.78, 5) is 4.40. The second-order valence-electron chi connectivity index (χ2n) is 7.74. The summed E-state index contributed by atoms with van der Waals surface area (Å²) in [6.45, 7) is 2.91. The number of aromatic nitrogens is 2. The first-order chi connectivity index (χ1) is 15.7. The van der Waals surface area contributed by atoms with Crippen LogP contribution < -0.4 is 4.90 Å². The SMILES string of the molecule is Fc1ccccc1N1CCN([C@H](c2ccccc2)c2nnc(-c3ccc(Cl)cc3)o2)CC1. The lowest BCUT2D eigenvalue weighted by Gasteiger charge is -2.39. The molecule has 1 saturated heterocycles. The Morgan fingerprint density at radius 3 is 2.22 bits per heavy atom. The number of rotatable bonds is 5. The normalized spacial score (nSPS) is 15.6. The molecule has 2 heterocycles. The van der Waals surface area contributed by atoms with Gasteiger partial charge in [0, 0.05) is 36.8 Å². The fourth-order valence-corrected chi connectivity index (χ4v) is 4.25. The smallest absolute Gasteiger partial charge is 0.247 e. The molecule has 0 aliphatic carbocycles. The summed E-state index contributed by atoms with van der Waals surface area (Å²) >= 11 is 6.00. The summed E-state index contributed by atoms with van der Waals surface area (Å²) in [5, 5.41) is 9.33. The van der Waals surface area contributed by atoms with Gasteiger partial charge < -0.3 is 9.32 Å². The predicted molar refractivity (Wildman–Crippen MR) is 123 cm³/mol. The minimum absolute atomic E-state index is 0.174. The van der Waals surface area contributed by atoms with E-state index in [1.54, 1.807) is 18.2 Å². The van der Waals surface area contributed by atoms with E-state index in [9.17, 15) is 4.39 Å². The van der Waals surface area contributed by atoms with Crippen molar-refractivity contribution in [3.05, 3.63) is 101 Å². The molecule has 1 aromatic heterocycles. The van der Waals surface area contributed by atoms with Crippen molar-refractivity contribution < 1.29 is 8.81 Å². The first-order valence-electron chi connectivity index (χ1n) is 10.6. The van der Waals surface area contributed by atoms with Gasteiger partial charge in [-0.3, -0.25) is 4.90 Å². The van der Waals surface area contributed by atoms with Crippen LogP contribution in [0.4, 0.5) is 10.1 Å². The molecule has 32 heavy (non-hydrogen) atoms. The van der Waals surface area contributed by atoms with Gasteiger partial charge in [0.15, 0.2) is 0 Å². The molecule has 0 spiro atoms. The number of anilines is 1. The average molecular weight is 449 g/mol. The lowest BCUT2D eigenvalue weighted by atomic mass is 10.0. The van der Waals surface area contributed by atoms with Crippen LogP contribution in [0.15, 0.2) is 83.3 Å². The molecular weight excluding hydrogens is 427 g/mol. The lowest BCUT2D eigenvalue weighted by Crippen LogP contribution is -2.48. The number of para-hydroxylation sites is 1. The van der Waals surface area contributed by atoms with E-state index in [1.807, 2.05) is 42.5 Å². The van der Waals surface area contributed by atoms with Gasteiger partial charge in [0.25, 0.3) is 0 Å². The van der Waals surface area contributed by atoms with Crippen LogP contribution in [0.3, 0.4) is 0 Å². The van der Waals surface area contributed by atoms with Crippen LogP contribution in [0.5, 0.6) is 0 Å². The molecule has 1 aliphatic heterocycles. The van der Waals surface area contributed by atoms with Gasteiger partial charge in [0.05, 0.1) is 5.69 Å². The summed E-state index contributed by atoms with van der Waals surface area (Å²) in [6.07, 6.45) is 0. The number of piperazine rings is 1. The second-order valence-corrected chi connectivity index (χ2v) is 8.18. The summed E-state index contributed by atoms with van der Waals surface area (Å²) in [7, 11) is 0. The highest BCUT2D eigenvalue weighted by Gasteiger charge is 2.31. The van der Waals surface area contributed by atoms with Gasteiger partial charge in [-0.25, -0.2) is 4.39 Å². The monoisotopic (exact) mass is 448 g/mol. The fourth-order valence-electron chi connectivity index (χ4n) is 4.13. The number of hydrogen-bond donors (Lipinski definition) is 0. The van der Waals surface area contributed by atoms with Gasteiger partial charge >= 0.3 is 0 Å². The fraction of sp³-hybridized carbons (Fsp3) is 0.200. The van der Waals surface area contributed by atoms with Crippen LogP contribution in [-0.4, -0.2) is 41.3 Å². The van der Waals surface area contributed by atoms with Crippen LogP contribution >= 0.6 is 11.6 Å². The molecule has 1 fully saturated rings. The van der Waals surface area contributed by atoms with Crippen molar-refractivity contribution in [1.29, 1.82) is 0 Å². The van der Waals surface area contributed by atoms with E-state index >= 15 is 0 Å². The van der Waals surface area contributed by atoms with Crippen LogP contribution in [0.1, 0.15) is 17.5 Å². The molecule has 7 heteroatoms. The molecule has 1 atom stereocenters. The molecule has 5 rings (SSSR count). The van der Waals surface area contributed by atoms with Crippen molar-refractivity contribution in [1.82, 2.24) is 15.1 Å². The van der Waals surface area contributed by atoms with Gasteiger partial charge in [-0.1, -0.05) is 54.1 Å². The Kier molecular flexibility index (Phi) is 5.88. The van der Waals surface area contributed by atoms with E-state index in [-0.39, 0.29) is 11.9 Å². The highest BCUT2D eigenvalue weighted by Crippen LogP contribution is 2.32. The van der Waals surface area contributed by atoms with Crippen molar-refractivity contribution in [3.63, 3.8) is 0 Å². The van der Waals surface area contributed by atoms with Gasteiger partial charge in [-0.2, -0.15) is 0 Å². The molecule has 162 valence electrons. The standard InChI is InChI=1S/C25H22ClFN4O/c26-20-12-10-19(11-13-20)24-28-29-25(32-24)23(18-6-2-1-3-7-18)31-16-14-30(15-17-31)22-9-5-4-8-21(22)27/h1-13,23H,14-17H2/t23-/m1/s1. The third kappa shape index (κ3) is 4.24. The third-order valence-corrected chi connectivity index (χ3v) is 6.01. The molecule has 0 saturated carbocycles. The molecule has 0 unspecified atom stereocenters. The third-order valence-electron chi connectivity index (χ3n) is 5.75. The number of hydrogen-bond acceptors (Lipinski definition) is 5. The van der Waals surface area contributed by atoms with E-state index in [4.69, 9.17) is 16.0 Å². The molecule has 4 aromatic rings. The molecule has 0 amide bonds. The average Bonchev–Trinajstić information content (AvgIpc) is 3.31. The highest BCUT2D eigenvalue weighted by atomic mass is 35.5. The minimum atomic E-state index is -0.190. The first-order valence-corrected chi connectivity index (χ1v) is 10.9. The zero-order chi connectivity index (χ0) is 21.9. The Morgan fingerprint density at radius 1 is 0.812 bits per heavy atom. The summed E-state index contributed by atoms with van der Waals surface area (Å²) in [5.74, 6) is 0.813. The zero-order valence-corrected chi connectivity index (χ0v) is 18.1. The summed E-state index contributed by atoms with van der Waals surface area (Å²) in [5.41, 5.74) is 2.55. The van der Waals surface area contributed by atoms with Crippen molar-refractivity contribution in [2.75, 3.05) is 31.1 Å². The molecular formula is C25H22ClFN4O. The molecule has 3 aromatic carbocycles. The predicted octanol–water partition coefficient (Wildman–Crippen LogP) is 5.44. The number of halogens is 2. The van der Waals surface area contributed by atoms with Gasteiger partial charge in [0.1, 0.15) is 11.9 Å². The maximum Gasteiger partial charge on any atom is 0.247 e. The van der Waals surface area contributed by atoms with Crippen molar-refractivity contribution in [2.45, 2.75) is 6.04 Å². The Hall–Kier alpha value is -3.22. The van der Waals surface area contributed by atoms with Crippen molar-refractivity contribution in [3.8, 4) is 11.5 Å². The van der Waals surface area contributed by atoms with E-state index in [0.717, 1.165) is 24.2 Å². The van der Waals surface area contributed by atoms with E-state index < -0.39 is 0 Å². The van der Waals surface area contributed by atoms with Crippen molar-refractivity contribution in [2.24, 2.45) is 0 Å². The Bertz CT molecular complexity index is 1170. The quantitative estimate of drug-likeness (QED) is 0.406. The van der Waals surface area contributed by atoms with Crippen LogP contribution in [0.25, 0.3) is 11.5 Å². The zero-order valence-electron chi connectivity index (χ0n) is 17.4. The van der Waals surface area contributed by atoms with E-state index in [0.29, 0.717) is 35.6 Å². The Morgan fingerprint density at radius 2 is 1.50 bits per heavy atom. The molecule has 0 bridgehead atoms. The molecule has 5 nitrogen and oxygen atoms in total. The minimum Gasteiger partial charge on any atom is -0.419 e. The van der Waals surface area contributed by atoms with Crippen LogP contribution in [0.2, 0.25) is 5.02 Å². The van der Waals surface area contributed by atoms with Crippen LogP contribution in [0, 0.1) is 5.82 Å². The lowest BCUT2D eigenvalue weighted by molar-refractivity contribution is 0.187. The topological polar surface area (TPSA) is 45.4 Å². The number of benzene rings is 3. The Labute approximate surface area is 191 Å². The van der Waals surface area contributed by atoms with Crippen molar-refractivity contribution >= 4 is 17.3 Å². The Balaban J connectivity index is 1.41. The van der Waals surface area contributed by atoms with Gasteiger partial charge in [-0.15, -0.1) is 10.2 Å².